The molecule has 1 fully saturated rings. The minimum absolute atomic E-state index is 0.0186. The Bertz CT molecular complexity index is 1350. The Labute approximate surface area is 204 Å². The summed E-state index contributed by atoms with van der Waals surface area (Å²) in [6, 6.07) is 20.9. The molecule has 0 saturated carbocycles. The van der Waals surface area contributed by atoms with E-state index in [0.29, 0.717) is 23.9 Å². The number of rotatable bonds is 6. The fourth-order valence-corrected chi connectivity index (χ4v) is 4.59. The van der Waals surface area contributed by atoms with Crippen molar-refractivity contribution < 1.29 is 18.7 Å². The number of benzene rings is 3. The maximum atomic E-state index is 13.5. The fraction of sp³-hybridized carbons (Fsp3) is 0.250. The average molecular weight is 470 g/mol. The standard InChI is InChI=1S/C28H27N3O4/c1-18-6-4-7-21(16-18)27-30-29-26(35-27)19-9-11-20(12-10-19)28(32)31-15-5-8-24(31)23-17-22(33-2)13-14-25(23)34-3/h4,6-7,9-14,16-17,24H,5,8,15H2,1-3H3. The first kappa shape index (κ1) is 22.7. The van der Waals surface area contributed by atoms with Gasteiger partial charge in [-0.3, -0.25) is 4.79 Å². The molecule has 1 unspecified atom stereocenters. The van der Waals surface area contributed by atoms with Gasteiger partial charge >= 0.3 is 0 Å². The van der Waals surface area contributed by atoms with Gasteiger partial charge in [-0.25, -0.2) is 0 Å². The summed E-state index contributed by atoms with van der Waals surface area (Å²) in [6.45, 7) is 2.71. The zero-order valence-corrected chi connectivity index (χ0v) is 20.0. The Morgan fingerprint density at radius 2 is 1.71 bits per heavy atom. The van der Waals surface area contributed by atoms with Gasteiger partial charge in [0.15, 0.2) is 0 Å². The number of likely N-dealkylation sites (tertiary alicyclic amines) is 1. The smallest absolute Gasteiger partial charge is 0.254 e. The molecule has 0 N–H and O–H groups in total. The second-order valence-corrected chi connectivity index (χ2v) is 8.62. The van der Waals surface area contributed by atoms with Crippen LogP contribution in [0.1, 0.15) is 40.4 Å². The van der Waals surface area contributed by atoms with E-state index in [9.17, 15) is 4.79 Å². The predicted octanol–water partition coefficient (Wildman–Crippen LogP) is 5.71. The Morgan fingerprint density at radius 1 is 0.943 bits per heavy atom. The number of hydrogen-bond acceptors (Lipinski definition) is 6. The van der Waals surface area contributed by atoms with Crippen LogP contribution in [0.5, 0.6) is 11.5 Å². The van der Waals surface area contributed by atoms with Crippen molar-refractivity contribution in [2.24, 2.45) is 0 Å². The van der Waals surface area contributed by atoms with Crippen molar-refractivity contribution in [2.75, 3.05) is 20.8 Å². The Morgan fingerprint density at radius 3 is 2.43 bits per heavy atom. The Kier molecular flexibility index (Phi) is 6.23. The molecular formula is C28H27N3O4. The van der Waals surface area contributed by atoms with E-state index in [1.165, 1.54) is 0 Å². The van der Waals surface area contributed by atoms with Crippen LogP contribution in [-0.2, 0) is 0 Å². The van der Waals surface area contributed by atoms with Gasteiger partial charge in [-0.2, -0.15) is 0 Å². The highest BCUT2D eigenvalue weighted by atomic mass is 16.5. The first-order chi connectivity index (χ1) is 17.1. The largest absolute Gasteiger partial charge is 0.497 e. The zero-order valence-electron chi connectivity index (χ0n) is 20.0. The molecular weight excluding hydrogens is 442 g/mol. The van der Waals surface area contributed by atoms with E-state index in [2.05, 4.69) is 10.2 Å². The van der Waals surface area contributed by atoms with Gasteiger partial charge in [0.2, 0.25) is 11.8 Å². The third-order valence-electron chi connectivity index (χ3n) is 6.38. The van der Waals surface area contributed by atoms with Gasteiger partial charge in [-0.15, -0.1) is 10.2 Å². The van der Waals surface area contributed by atoms with Crippen molar-refractivity contribution in [1.82, 2.24) is 15.1 Å². The molecule has 3 aromatic carbocycles. The van der Waals surface area contributed by atoms with Crippen LogP contribution in [0.4, 0.5) is 0 Å². The maximum absolute atomic E-state index is 13.5. The molecule has 4 aromatic rings. The van der Waals surface area contributed by atoms with Crippen LogP contribution in [0, 0.1) is 6.92 Å². The van der Waals surface area contributed by atoms with Gasteiger partial charge in [0.1, 0.15) is 11.5 Å². The van der Waals surface area contributed by atoms with Crippen LogP contribution in [0.15, 0.2) is 71.1 Å². The lowest BCUT2D eigenvalue weighted by atomic mass is 10.0. The lowest BCUT2D eigenvalue weighted by molar-refractivity contribution is 0.0734. The molecule has 1 aromatic heterocycles. The lowest BCUT2D eigenvalue weighted by Gasteiger charge is -2.27. The third kappa shape index (κ3) is 4.49. The number of aromatic nitrogens is 2. The lowest BCUT2D eigenvalue weighted by Crippen LogP contribution is -2.30. The van der Waals surface area contributed by atoms with E-state index in [1.807, 2.05) is 78.6 Å². The summed E-state index contributed by atoms with van der Waals surface area (Å²) < 4.78 is 16.9. The quantitative estimate of drug-likeness (QED) is 0.360. The van der Waals surface area contributed by atoms with Gasteiger partial charge in [0, 0.05) is 28.8 Å². The molecule has 7 heteroatoms. The molecule has 1 aliphatic heterocycles. The molecule has 0 radical (unpaired) electrons. The molecule has 1 saturated heterocycles. The van der Waals surface area contributed by atoms with Crippen LogP contribution >= 0.6 is 0 Å². The van der Waals surface area contributed by atoms with Crippen molar-refractivity contribution in [3.8, 4) is 34.4 Å². The van der Waals surface area contributed by atoms with Crippen molar-refractivity contribution in [2.45, 2.75) is 25.8 Å². The number of methoxy groups -OCH3 is 2. The number of aryl methyl sites for hydroxylation is 1. The number of carbonyl (C=O) groups excluding carboxylic acids is 1. The summed E-state index contributed by atoms with van der Waals surface area (Å²) in [5.41, 5.74) is 4.34. The molecule has 1 aliphatic rings. The maximum Gasteiger partial charge on any atom is 0.254 e. The summed E-state index contributed by atoms with van der Waals surface area (Å²) in [6.07, 6.45) is 1.80. The van der Waals surface area contributed by atoms with Crippen molar-refractivity contribution in [1.29, 1.82) is 0 Å². The zero-order chi connectivity index (χ0) is 24.4. The third-order valence-corrected chi connectivity index (χ3v) is 6.38. The molecule has 35 heavy (non-hydrogen) atoms. The van der Waals surface area contributed by atoms with Gasteiger partial charge in [-0.1, -0.05) is 17.7 Å². The number of amides is 1. The number of hydrogen-bond donors (Lipinski definition) is 0. The Balaban J connectivity index is 1.37. The van der Waals surface area contributed by atoms with Gasteiger partial charge in [-0.05, 0) is 74.4 Å². The van der Waals surface area contributed by atoms with Gasteiger partial charge in [0.05, 0.1) is 20.3 Å². The molecule has 7 nitrogen and oxygen atoms in total. The summed E-state index contributed by atoms with van der Waals surface area (Å²) in [4.78, 5) is 15.4. The van der Waals surface area contributed by atoms with Crippen LogP contribution in [0.3, 0.4) is 0 Å². The van der Waals surface area contributed by atoms with Crippen LogP contribution in [0.25, 0.3) is 22.9 Å². The van der Waals surface area contributed by atoms with Gasteiger partial charge < -0.3 is 18.8 Å². The van der Waals surface area contributed by atoms with E-state index in [-0.39, 0.29) is 11.9 Å². The second kappa shape index (κ2) is 9.62. The average Bonchev–Trinajstić information content (AvgIpc) is 3.58. The highest BCUT2D eigenvalue weighted by Crippen LogP contribution is 2.39. The molecule has 0 bridgehead atoms. The molecule has 178 valence electrons. The SMILES string of the molecule is COc1ccc(OC)c(C2CCCN2C(=O)c2ccc(-c3nnc(-c4cccc(C)c4)o3)cc2)c1. The van der Waals surface area contributed by atoms with Crippen LogP contribution in [-0.4, -0.2) is 41.8 Å². The minimum Gasteiger partial charge on any atom is -0.497 e. The van der Waals surface area contributed by atoms with Crippen molar-refractivity contribution >= 4 is 5.91 Å². The minimum atomic E-state index is -0.0694. The van der Waals surface area contributed by atoms with Crippen molar-refractivity contribution in [3.05, 3.63) is 83.4 Å². The predicted molar refractivity (Wildman–Crippen MR) is 132 cm³/mol. The summed E-state index contributed by atoms with van der Waals surface area (Å²) in [5, 5.41) is 8.38. The van der Waals surface area contributed by atoms with E-state index < -0.39 is 0 Å². The number of ether oxygens (including phenoxy) is 2. The first-order valence-corrected chi connectivity index (χ1v) is 11.6. The molecule has 1 amide bonds. The van der Waals surface area contributed by atoms with E-state index >= 15 is 0 Å². The monoisotopic (exact) mass is 469 g/mol. The van der Waals surface area contributed by atoms with E-state index in [4.69, 9.17) is 13.9 Å². The summed E-state index contributed by atoms with van der Waals surface area (Å²) in [5.74, 6) is 2.37. The highest BCUT2D eigenvalue weighted by Gasteiger charge is 2.32. The normalized spacial score (nSPS) is 15.3. The first-order valence-electron chi connectivity index (χ1n) is 11.6. The molecule has 2 heterocycles. The number of carbonyl (C=O) groups is 1. The summed E-state index contributed by atoms with van der Waals surface area (Å²) >= 11 is 0. The fourth-order valence-electron chi connectivity index (χ4n) is 4.59. The molecule has 5 rings (SSSR count). The van der Waals surface area contributed by atoms with Crippen LogP contribution in [0.2, 0.25) is 0 Å². The van der Waals surface area contributed by atoms with Gasteiger partial charge in [0.25, 0.3) is 5.91 Å². The van der Waals surface area contributed by atoms with E-state index in [1.54, 1.807) is 14.2 Å². The molecule has 0 spiro atoms. The topological polar surface area (TPSA) is 77.7 Å². The molecule has 0 aliphatic carbocycles. The van der Waals surface area contributed by atoms with Crippen LogP contribution < -0.4 is 9.47 Å². The number of nitrogens with zero attached hydrogens (tertiary/aromatic N) is 3. The highest BCUT2D eigenvalue weighted by molar-refractivity contribution is 5.95. The summed E-state index contributed by atoms with van der Waals surface area (Å²) in [7, 11) is 3.28. The second-order valence-electron chi connectivity index (χ2n) is 8.62. The Hall–Kier alpha value is -4.13. The van der Waals surface area contributed by atoms with E-state index in [0.717, 1.165) is 46.6 Å². The molecule has 1 atom stereocenters. The van der Waals surface area contributed by atoms with Crippen molar-refractivity contribution in [3.63, 3.8) is 0 Å².